The number of sulfonamides is 1. The van der Waals surface area contributed by atoms with E-state index in [9.17, 15) is 8.42 Å². The zero-order valence-corrected chi connectivity index (χ0v) is 9.85. The summed E-state index contributed by atoms with van der Waals surface area (Å²) < 4.78 is 25.6. The highest BCUT2D eigenvalue weighted by atomic mass is 32.2. The fourth-order valence-corrected chi connectivity index (χ4v) is 2.97. The molecule has 88 valence electrons. The number of nitrogens with one attached hydrogen (secondary N) is 2. The van der Waals surface area contributed by atoms with Crippen molar-refractivity contribution >= 4 is 10.0 Å². The topological polar surface area (TPSA) is 58.2 Å². The number of rotatable bonds is 8. The lowest BCUT2D eigenvalue weighted by molar-refractivity contribution is 0.572. The standard InChI is InChI=1S/C10H20N2O2S/c13-15(14,12-10-5-6-10)8-2-1-7-11-9-3-4-9/h9-12H,1-8H2. The minimum absolute atomic E-state index is 0.250. The molecule has 2 rings (SSSR count). The van der Waals surface area contributed by atoms with Gasteiger partial charge in [-0.05, 0) is 45.1 Å². The lowest BCUT2D eigenvalue weighted by Gasteiger charge is -2.05. The van der Waals surface area contributed by atoms with E-state index in [1.54, 1.807) is 0 Å². The fraction of sp³-hybridized carbons (Fsp3) is 1.00. The van der Waals surface area contributed by atoms with E-state index in [1.807, 2.05) is 0 Å². The number of unbranched alkanes of at least 4 members (excludes halogenated alkanes) is 1. The van der Waals surface area contributed by atoms with Crippen LogP contribution < -0.4 is 10.0 Å². The van der Waals surface area contributed by atoms with Gasteiger partial charge in [-0.3, -0.25) is 0 Å². The molecule has 15 heavy (non-hydrogen) atoms. The zero-order valence-electron chi connectivity index (χ0n) is 9.04. The maximum absolute atomic E-state index is 11.5. The summed E-state index contributed by atoms with van der Waals surface area (Å²) in [6.45, 7) is 0.962. The highest BCUT2D eigenvalue weighted by molar-refractivity contribution is 7.89. The molecule has 2 saturated carbocycles. The van der Waals surface area contributed by atoms with Crippen LogP contribution in [0.25, 0.3) is 0 Å². The zero-order chi connectivity index (χ0) is 10.7. The Morgan fingerprint density at radius 3 is 2.27 bits per heavy atom. The van der Waals surface area contributed by atoms with Gasteiger partial charge in [0.15, 0.2) is 0 Å². The minimum Gasteiger partial charge on any atom is -0.314 e. The Labute approximate surface area is 91.9 Å². The van der Waals surface area contributed by atoms with Crippen molar-refractivity contribution in [1.29, 1.82) is 0 Å². The second kappa shape index (κ2) is 4.80. The molecule has 5 heteroatoms. The summed E-state index contributed by atoms with van der Waals surface area (Å²) in [6, 6.07) is 0.978. The summed E-state index contributed by atoms with van der Waals surface area (Å²) in [5.74, 6) is 0.288. The van der Waals surface area contributed by atoms with E-state index in [4.69, 9.17) is 0 Å². The highest BCUT2D eigenvalue weighted by Gasteiger charge is 2.26. The summed E-state index contributed by atoms with van der Waals surface area (Å²) in [4.78, 5) is 0. The molecule has 0 heterocycles. The largest absolute Gasteiger partial charge is 0.314 e. The van der Waals surface area contributed by atoms with Gasteiger partial charge in [0.25, 0.3) is 0 Å². The molecular formula is C10H20N2O2S. The predicted molar refractivity (Wildman–Crippen MR) is 60.2 cm³/mol. The Bertz CT molecular complexity index is 295. The number of hydrogen-bond acceptors (Lipinski definition) is 3. The minimum atomic E-state index is -2.98. The van der Waals surface area contributed by atoms with Gasteiger partial charge in [0.1, 0.15) is 0 Å². The van der Waals surface area contributed by atoms with E-state index in [2.05, 4.69) is 10.0 Å². The molecule has 4 nitrogen and oxygen atoms in total. The van der Waals surface area contributed by atoms with E-state index in [1.165, 1.54) is 12.8 Å². The van der Waals surface area contributed by atoms with Gasteiger partial charge in [-0.2, -0.15) is 0 Å². The van der Waals surface area contributed by atoms with Crippen LogP contribution in [0.15, 0.2) is 0 Å². The second-order valence-electron chi connectivity index (χ2n) is 4.65. The van der Waals surface area contributed by atoms with Crippen molar-refractivity contribution in [1.82, 2.24) is 10.0 Å². The molecule has 0 unspecified atom stereocenters. The average Bonchev–Trinajstić information content (AvgIpc) is 2.96. The van der Waals surface area contributed by atoms with Crippen molar-refractivity contribution in [3.63, 3.8) is 0 Å². The smallest absolute Gasteiger partial charge is 0.211 e. The lowest BCUT2D eigenvalue weighted by atomic mass is 10.3. The summed E-state index contributed by atoms with van der Waals surface area (Å²) in [7, 11) is -2.98. The molecule has 0 bridgehead atoms. The second-order valence-corrected chi connectivity index (χ2v) is 6.52. The monoisotopic (exact) mass is 232 g/mol. The molecule has 0 spiro atoms. The molecule has 2 N–H and O–H groups in total. The van der Waals surface area contributed by atoms with Crippen molar-refractivity contribution in [2.75, 3.05) is 12.3 Å². The molecule has 0 radical (unpaired) electrons. The summed E-state index contributed by atoms with van der Waals surface area (Å²) in [6.07, 6.45) is 6.35. The van der Waals surface area contributed by atoms with Crippen LogP contribution >= 0.6 is 0 Å². The first-order valence-corrected chi connectivity index (χ1v) is 7.54. The first-order chi connectivity index (χ1) is 7.16. The van der Waals surface area contributed by atoms with E-state index >= 15 is 0 Å². The van der Waals surface area contributed by atoms with E-state index in [0.29, 0.717) is 0 Å². The maximum atomic E-state index is 11.5. The first-order valence-electron chi connectivity index (χ1n) is 5.89. The molecule has 0 amide bonds. The Kier molecular flexibility index (Phi) is 3.64. The van der Waals surface area contributed by atoms with Crippen LogP contribution in [0.1, 0.15) is 38.5 Å². The molecule has 0 atom stereocenters. The highest BCUT2D eigenvalue weighted by Crippen LogP contribution is 2.20. The third-order valence-electron chi connectivity index (χ3n) is 2.77. The van der Waals surface area contributed by atoms with Crippen LogP contribution in [0, 0.1) is 0 Å². The van der Waals surface area contributed by atoms with Crippen molar-refractivity contribution in [2.45, 2.75) is 50.6 Å². The first kappa shape index (κ1) is 11.4. The Hall–Kier alpha value is -0.130. The summed E-state index contributed by atoms with van der Waals surface area (Å²) in [5, 5.41) is 3.38. The van der Waals surface area contributed by atoms with Gasteiger partial charge < -0.3 is 5.32 Å². The quantitative estimate of drug-likeness (QED) is 0.603. The van der Waals surface area contributed by atoms with Crippen LogP contribution in [-0.2, 0) is 10.0 Å². The lowest BCUT2D eigenvalue weighted by Crippen LogP contribution is -2.28. The molecule has 0 aliphatic heterocycles. The normalized spacial score (nSPS) is 21.9. The van der Waals surface area contributed by atoms with Crippen LogP contribution in [-0.4, -0.2) is 32.8 Å². The average molecular weight is 232 g/mol. The summed E-state index contributed by atoms with van der Waals surface area (Å²) >= 11 is 0. The van der Waals surface area contributed by atoms with E-state index in [-0.39, 0.29) is 11.8 Å². The Morgan fingerprint density at radius 1 is 1.00 bits per heavy atom. The van der Waals surface area contributed by atoms with Crippen LogP contribution in [0.5, 0.6) is 0 Å². The summed E-state index contributed by atoms with van der Waals surface area (Å²) in [5.41, 5.74) is 0. The van der Waals surface area contributed by atoms with Crippen LogP contribution in [0.4, 0.5) is 0 Å². The van der Waals surface area contributed by atoms with Gasteiger partial charge >= 0.3 is 0 Å². The fourth-order valence-electron chi connectivity index (χ4n) is 1.52. The maximum Gasteiger partial charge on any atom is 0.211 e. The van der Waals surface area contributed by atoms with Gasteiger partial charge in [-0.25, -0.2) is 13.1 Å². The SMILES string of the molecule is O=S(=O)(CCCCNC1CC1)NC1CC1. The van der Waals surface area contributed by atoms with E-state index in [0.717, 1.165) is 38.3 Å². The van der Waals surface area contributed by atoms with Crippen molar-refractivity contribution in [2.24, 2.45) is 0 Å². The Morgan fingerprint density at radius 2 is 1.67 bits per heavy atom. The molecule has 0 saturated heterocycles. The Balaban J connectivity index is 1.51. The molecule has 0 aromatic carbocycles. The predicted octanol–water partition coefficient (Wildman–Crippen LogP) is 0.600. The van der Waals surface area contributed by atoms with Crippen molar-refractivity contribution in [3.05, 3.63) is 0 Å². The molecule has 2 aliphatic carbocycles. The third kappa shape index (κ3) is 4.95. The van der Waals surface area contributed by atoms with Gasteiger partial charge in [0, 0.05) is 12.1 Å². The van der Waals surface area contributed by atoms with Gasteiger partial charge in [-0.1, -0.05) is 0 Å². The van der Waals surface area contributed by atoms with Gasteiger partial charge in [0.05, 0.1) is 5.75 Å². The van der Waals surface area contributed by atoms with Crippen molar-refractivity contribution in [3.8, 4) is 0 Å². The molecule has 2 fully saturated rings. The molecular weight excluding hydrogens is 212 g/mol. The van der Waals surface area contributed by atoms with Crippen LogP contribution in [0.3, 0.4) is 0 Å². The van der Waals surface area contributed by atoms with Crippen molar-refractivity contribution < 1.29 is 8.42 Å². The van der Waals surface area contributed by atoms with Crippen LogP contribution in [0.2, 0.25) is 0 Å². The number of hydrogen-bond donors (Lipinski definition) is 2. The van der Waals surface area contributed by atoms with Gasteiger partial charge in [-0.15, -0.1) is 0 Å². The molecule has 2 aliphatic rings. The van der Waals surface area contributed by atoms with E-state index < -0.39 is 10.0 Å². The molecule has 0 aromatic rings. The third-order valence-corrected chi connectivity index (χ3v) is 4.29. The van der Waals surface area contributed by atoms with Gasteiger partial charge in [0.2, 0.25) is 10.0 Å². The molecule has 0 aromatic heterocycles.